The van der Waals surface area contributed by atoms with Gasteiger partial charge >= 0.3 is 0 Å². The van der Waals surface area contributed by atoms with Crippen molar-refractivity contribution in [2.75, 3.05) is 0 Å². The maximum Gasteiger partial charge on any atom is -0.00962 e. The van der Waals surface area contributed by atoms with E-state index in [1.54, 1.807) is 5.57 Å². The maximum atomic E-state index is 2.36. The molecule has 0 heteroatoms. The molecule has 90 valence electrons. The Hall–Kier alpha value is -0.260. The summed E-state index contributed by atoms with van der Waals surface area (Å²) in [4.78, 5) is 0. The highest BCUT2D eigenvalue weighted by molar-refractivity contribution is 5.23. The first kappa shape index (κ1) is 14.7. The van der Waals surface area contributed by atoms with Gasteiger partial charge in [0.25, 0.3) is 0 Å². The molecule has 0 saturated carbocycles. The number of hydrogen-bond acceptors (Lipinski definition) is 0. The molecule has 0 bridgehead atoms. The van der Waals surface area contributed by atoms with E-state index in [2.05, 4.69) is 69.2 Å². The van der Waals surface area contributed by atoms with Gasteiger partial charge in [0.15, 0.2) is 0 Å². The Morgan fingerprint density at radius 3 is 1.13 bits per heavy atom. The summed E-state index contributed by atoms with van der Waals surface area (Å²) in [6.45, 7) is 23.2. The highest BCUT2D eigenvalue weighted by Crippen LogP contribution is 2.46. The van der Waals surface area contributed by atoms with Gasteiger partial charge in [-0.15, -0.1) is 0 Å². The molecular formula is C15H30. The van der Waals surface area contributed by atoms with Gasteiger partial charge < -0.3 is 0 Å². The highest BCUT2D eigenvalue weighted by Gasteiger charge is 2.36. The first-order valence-electron chi connectivity index (χ1n) is 6.00. The van der Waals surface area contributed by atoms with Crippen LogP contribution in [0, 0.1) is 16.2 Å². The van der Waals surface area contributed by atoms with Gasteiger partial charge in [0, 0.05) is 0 Å². The lowest BCUT2D eigenvalue weighted by atomic mass is 9.63. The maximum absolute atomic E-state index is 2.36. The second kappa shape index (κ2) is 3.96. The zero-order valence-corrected chi connectivity index (χ0v) is 12.5. The predicted molar refractivity (Wildman–Crippen MR) is 71.1 cm³/mol. The lowest BCUT2D eigenvalue weighted by Crippen LogP contribution is -2.32. The zero-order valence-electron chi connectivity index (χ0n) is 12.5. The van der Waals surface area contributed by atoms with Crippen LogP contribution in [0.1, 0.15) is 69.2 Å². The van der Waals surface area contributed by atoms with Crippen molar-refractivity contribution < 1.29 is 0 Å². The van der Waals surface area contributed by atoms with E-state index in [4.69, 9.17) is 0 Å². The van der Waals surface area contributed by atoms with Gasteiger partial charge in [-0.05, 0) is 30.1 Å². The Morgan fingerprint density at radius 1 is 0.600 bits per heavy atom. The first-order chi connectivity index (χ1) is 6.32. The van der Waals surface area contributed by atoms with Gasteiger partial charge in [0.2, 0.25) is 0 Å². The van der Waals surface area contributed by atoms with Gasteiger partial charge in [-0.2, -0.15) is 0 Å². The van der Waals surface area contributed by atoms with Crippen LogP contribution >= 0.6 is 0 Å². The van der Waals surface area contributed by atoms with E-state index in [1.807, 2.05) is 0 Å². The molecule has 0 aromatic rings. The predicted octanol–water partition coefficient (Wildman–Crippen LogP) is 5.44. The van der Waals surface area contributed by atoms with Crippen LogP contribution in [-0.2, 0) is 0 Å². The summed E-state index contributed by atoms with van der Waals surface area (Å²) in [5.41, 5.74) is 3.92. The van der Waals surface area contributed by atoms with Crippen molar-refractivity contribution in [1.29, 1.82) is 0 Å². The number of hydrogen-bond donors (Lipinski definition) is 0. The summed E-state index contributed by atoms with van der Waals surface area (Å²) in [5.74, 6) is 0. The molecule has 0 aliphatic rings. The van der Waals surface area contributed by atoms with E-state index in [0.717, 1.165) is 0 Å². The molecule has 0 saturated heterocycles. The molecule has 0 aromatic heterocycles. The summed E-state index contributed by atoms with van der Waals surface area (Å²) < 4.78 is 0. The summed E-state index contributed by atoms with van der Waals surface area (Å²) in [7, 11) is 0. The van der Waals surface area contributed by atoms with Crippen LogP contribution in [0.2, 0.25) is 0 Å². The van der Waals surface area contributed by atoms with Crippen LogP contribution in [-0.4, -0.2) is 0 Å². The van der Waals surface area contributed by atoms with Crippen LogP contribution in [0.4, 0.5) is 0 Å². The summed E-state index contributed by atoms with van der Waals surface area (Å²) >= 11 is 0. The molecule has 0 fully saturated rings. The third-order valence-electron chi connectivity index (χ3n) is 4.50. The van der Waals surface area contributed by atoms with Gasteiger partial charge in [-0.1, -0.05) is 66.5 Å². The molecule has 0 unspecified atom stereocenters. The number of allylic oxidation sites excluding steroid dienone is 2. The van der Waals surface area contributed by atoms with Gasteiger partial charge in [-0.3, -0.25) is 0 Å². The molecule has 0 heterocycles. The minimum absolute atomic E-state index is 0.254. The molecule has 0 N–H and O–H groups in total. The fraction of sp³-hybridized carbons (Fsp3) is 0.867. The van der Waals surface area contributed by atoms with Crippen LogP contribution in [0.5, 0.6) is 0 Å². The Kier molecular flexibility index (Phi) is 3.89. The van der Waals surface area contributed by atoms with Gasteiger partial charge in [0.1, 0.15) is 0 Å². The fourth-order valence-electron chi connectivity index (χ4n) is 1.59. The molecule has 0 radical (unpaired) electrons. The van der Waals surface area contributed by atoms with Crippen molar-refractivity contribution in [1.82, 2.24) is 0 Å². The summed E-state index contributed by atoms with van der Waals surface area (Å²) in [6, 6.07) is 0. The Labute approximate surface area is 97.2 Å². The molecule has 15 heavy (non-hydrogen) atoms. The summed E-state index contributed by atoms with van der Waals surface area (Å²) in [6.07, 6.45) is 0. The van der Waals surface area contributed by atoms with Crippen molar-refractivity contribution in [2.24, 2.45) is 16.2 Å². The third-order valence-corrected chi connectivity index (χ3v) is 4.50. The highest BCUT2D eigenvalue weighted by atomic mass is 14.4. The molecule has 0 nitrogen and oxygen atoms in total. The standard InChI is InChI=1S/C15H30/c1-11(13(3,4)5)12(2)15(9,10)14(6,7)8/h1-10H3/b12-11-. The Bertz CT molecular complexity index is 251. The van der Waals surface area contributed by atoms with E-state index >= 15 is 0 Å². The van der Waals surface area contributed by atoms with Gasteiger partial charge in [0.05, 0.1) is 0 Å². The quantitative estimate of drug-likeness (QED) is 0.505. The smallest absolute Gasteiger partial charge is 0.00962 e. The number of rotatable bonds is 1. The van der Waals surface area contributed by atoms with Crippen LogP contribution in [0.15, 0.2) is 11.1 Å². The fourth-order valence-corrected chi connectivity index (χ4v) is 1.59. The third kappa shape index (κ3) is 3.09. The average Bonchev–Trinajstić information content (AvgIpc) is 1.97. The minimum Gasteiger partial charge on any atom is -0.0685 e. The molecular weight excluding hydrogens is 180 g/mol. The summed E-state index contributed by atoms with van der Waals surface area (Å²) in [5, 5.41) is 0. The molecule has 0 aromatic carbocycles. The Morgan fingerprint density at radius 2 is 0.933 bits per heavy atom. The van der Waals surface area contributed by atoms with Crippen molar-refractivity contribution in [3.63, 3.8) is 0 Å². The van der Waals surface area contributed by atoms with Crippen LogP contribution in [0.25, 0.3) is 0 Å². The van der Waals surface area contributed by atoms with Crippen molar-refractivity contribution in [2.45, 2.75) is 69.2 Å². The largest absolute Gasteiger partial charge is 0.0685 e. The van der Waals surface area contributed by atoms with E-state index in [1.165, 1.54) is 5.57 Å². The lowest BCUT2D eigenvalue weighted by molar-refractivity contribution is 0.173. The first-order valence-corrected chi connectivity index (χ1v) is 6.00. The second-order valence-electron chi connectivity index (χ2n) is 7.38. The van der Waals surface area contributed by atoms with E-state index in [0.29, 0.717) is 5.41 Å². The van der Waals surface area contributed by atoms with Crippen molar-refractivity contribution in [3.8, 4) is 0 Å². The minimum atomic E-state index is 0.254. The van der Waals surface area contributed by atoms with Crippen LogP contribution < -0.4 is 0 Å². The van der Waals surface area contributed by atoms with E-state index in [9.17, 15) is 0 Å². The topological polar surface area (TPSA) is 0 Å². The SMILES string of the molecule is C/C(=C(\C)C(C)(C)C(C)(C)C)C(C)(C)C. The van der Waals surface area contributed by atoms with Crippen molar-refractivity contribution in [3.05, 3.63) is 11.1 Å². The average molecular weight is 210 g/mol. The van der Waals surface area contributed by atoms with Crippen molar-refractivity contribution >= 4 is 0 Å². The molecule has 0 rings (SSSR count). The monoisotopic (exact) mass is 210 g/mol. The van der Waals surface area contributed by atoms with Gasteiger partial charge in [-0.25, -0.2) is 0 Å². The molecule has 0 spiro atoms. The zero-order chi connectivity index (χ0) is 12.7. The molecule has 0 amide bonds. The normalized spacial score (nSPS) is 16.4. The molecule has 0 atom stereocenters. The molecule has 0 aliphatic carbocycles. The van der Waals surface area contributed by atoms with Crippen LogP contribution in [0.3, 0.4) is 0 Å². The molecule has 0 aliphatic heterocycles. The van der Waals surface area contributed by atoms with E-state index in [-0.39, 0.29) is 10.8 Å². The Balaban J connectivity index is 5.44. The van der Waals surface area contributed by atoms with E-state index < -0.39 is 0 Å². The second-order valence-corrected chi connectivity index (χ2v) is 7.38. The lowest BCUT2D eigenvalue weighted by Gasteiger charge is -2.42.